The maximum atomic E-state index is 11.6. The molecule has 2 aliphatic rings. The van der Waals surface area contributed by atoms with Crippen molar-refractivity contribution >= 4 is 0 Å². The molecule has 11 heteroatoms. The molecule has 2 heterocycles. The molecule has 0 radical (unpaired) electrons. The van der Waals surface area contributed by atoms with E-state index < -0.39 is 41.8 Å². The summed E-state index contributed by atoms with van der Waals surface area (Å²) < 4.78 is 12.2. The van der Waals surface area contributed by atoms with Crippen molar-refractivity contribution < 1.29 is 55.4 Å². The monoisotopic (exact) mass is 562 g/mol. The summed E-state index contributed by atoms with van der Waals surface area (Å²) in [6.07, 6.45) is -4.81. The SMILES string of the molecule is Oc1ccc([C@@H]2c3c(cc4c(c3O)C[C@H](O)[C@H](c3ccc(O)c(O)c3)O4)O[C@H](c3ccc(O)c(O)c3)[C@@H]2O)c(O)c1. The van der Waals surface area contributed by atoms with Crippen molar-refractivity contribution in [3.63, 3.8) is 0 Å². The largest absolute Gasteiger partial charge is 0.508 e. The fourth-order valence-electron chi connectivity index (χ4n) is 5.59. The zero-order valence-electron chi connectivity index (χ0n) is 21.2. The van der Waals surface area contributed by atoms with Crippen LogP contribution in [-0.4, -0.2) is 58.2 Å². The number of phenolic OH excluding ortho intramolecular Hbond substituents is 7. The summed E-state index contributed by atoms with van der Waals surface area (Å²) in [6.45, 7) is 0. The van der Waals surface area contributed by atoms with Crippen LogP contribution < -0.4 is 9.47 Å². The summed E-state index contributed by atoms with van der Waals surface area (Å²) in [6, 6.07) is 13.2. The predicted octanol–water partition coefficient (Wildman–Crippen LogP) is 3.29. The van der Waals surface area contributed by atoms with Gasteiger partial charge in [-0.15, -0.1) is 0 Å². The predicted molar refractivity (Wildman–Crippen MR) is 142 cm³/mol. The van der Waals surface area contributed by atoms with Gasteiger partial charge < -0.3 is 55.4 Å². The van der Waals surface area contributed by atoms with Gasteiger partial charge in [0.25, 0.3) is 0 Å². The van der Waals surface area contributed by atoms with E-state index >= 15 is 0 Å². The Morgan fingerprint density at radius 3 is 1.80 bits per heavy atom. The molecule has 0 unspecified atom stereocenters. The van der Waals surface area contributed by atoms with Gasteiger partial charge in [0, 0.05) is 41.2 Å². The maximum Gasteiger partial charge on any atom is 0.157 e. The Balaban J connectivity index is 1.50. The third-order valence-electron chi connectivity index (χ3n) is 7.60. The zero-order valence-corrected chi connectivity index (χ0v) is 21.2. The van der Waals surface area contributed by atoms with Gasteiger partial charge in [0.2, 0.25) is 0 Å². The van der Waals surface area contributed by atoms with E-state index in [0.717, 1.165) is 6.07 Å². The van der Waals surface area contributed by atoms with E-state index in [0.29, 0.717) is 5.56 Å². The smallest absolute Gasteiger partial charge is 0.157 e. The number of hydrogen-bond acceptors (Lipinski definition) is 11. The molecule has 4 aromatic carbocycles. The van der Waals surface area contributed by atoms with Crippen LogP contribution in [0, 0.1) is 0 Å². The molecule has 11 nitrogen and oxygen atoms in total. The average molecular weight is 563 g/mol. The van der Waals surface area contributed by atoms with Crippen LogP contribution in [0.15, 0.2) is 60.7 Å². The molecule has 212 valence electrons. The number of fused-ring (bicyclic) bond motifs is 2. The fourth-order valence-corrected chi connectivity index (χ4v) is 5.59. The highest BCUT2D eigenvalue weighted by Crippen LogP contribution is 2.55. The summed E-state index contributed by atoms with van der Waals surface area (Å²) in [5.74, 6) is -3.34. The van der Waals surface area contributed by atoms with E-state index in [4.69, 9.17) is 9.47 Å². The first-order valence-electron chi connectivity index (χ1n) is 12.7. The topological polar surface area (TPSA) is 201 Å². The van der Waals surface area contributed by atoms with Gasteiger partial charge in [-0.25, -0.2) is 0 Å². The van der Waals surface area contributed by atoms with Gasteiger partial charge in [-0.3, -0.25) is 0 Å². The van der Waals surface area contributed by atoms with Gasteiger partial charge in [0.15, 0.2) is 29.1 Å². The third kappa shape index (κ3) is 4.31. The van der Waals surface area contributed by atoms with Gasteiger partial charge in [-0.2, -0.15) is 0 Å². The van der Waals surface area contributed by atoms with Crippen LogP contribution in [0.1, 0.15) is 45.9 Å². The number of hydrogen-bond donors (Lipinski definition) is 9. The minimum Gasteiger partial charge on any atom is -0.508 e. The van der Waals surface area contributed by atoms with Crippen LogP contribution in [0.5, 0.6) is 51.7 Å². The molecule has 41 heavy (non-hydrogen) atoms. The first-order valence-corrected chi connectivity index (χ1v) is 12.7. The van der Waals surface area contributed by atoms with E-state index in [2.05, 4.69) is 0 Å². The van der Waals surface area contributed by atoms with E-state index in [9.17, 15) is 46.0 Å². The van der Waals surface area contributed by atoms with Crippen LogP contribution in [0.25, 0.3) is 0 Å². The molecule has 0 aromatic heterocycles. The quantitative estimate of drug-likeness (QED) is 0.166. The summed E-state index contributed by atoms with van der Waals surface area (Å²) in [5, 5.41) is 94.1. The first kappa shape index (κ1) is 26.2. The van der Waals surface area contributed by atoms with Crippen LogP contribution in [-0.2, 0) is 6.42 Å². The van der Waals surface area contributed by atoms with Gasteiger partial charge in [-0.05, 0) is 41.5 Å². The summed E-state index contributed by atoms with van der Waals surface area (Å²) in [7, 11) is 0. The second-order valence-corrected chi connectivity index (χ2v) is 10.2. The Bertz CT molecular complexity index is 1670. The standard InChI is InChI=1S/C30H26O11/c31-14-3-4-15(19(34)9-14)25-26-24(41-30(28(25)39)13-2-6-18(33)21(36)8-13)11-23-16(27(26)38)10-22(37)29(40-23)12-1-5-17(32)20(35)7-12/h1-9,11,22,25,28-39H,10H2/t22-,25+,28+,29-,30+/m0/s1. The maximum absolute atomic E-state index is 11.6. The summed E-state index contributed by atoms with van der Waals surface area (Å²) in [4.78, 5) is 0. The number of aliphatic hydroxyl groups excluding tert-OH is 2. The fraction of sp³-hybridized carbons (Fsp3) is 0.200. The molecule has 5 atom stereocenters. The van der Waals surface area contributed by atoms with Crippen molar-refractivity contribution in [3.05, 3.63) is 88.5 Å². The lowest BCUT2D eigenvalue weighted by molar-refractivity contribution is 0.00308. The number of aliphatic hydroxyl groups is 2. The molecule has 0 saturated heterocycles. The van der Waals surface area contributed by atoms with Crippen molar-refractivity contribution in [2.45, 2.75) is 36.8 Å². The molecule has 0 spiro atoms. The Hall–Kier alpha value is -5.00. The number of rotatable bonds is 3. The summed E-state index contributed by atoms with van der Waals surface area (Å²) >= 11 is 0. The molecule has 4 aromatic rings. The Kier molecular flexibility index (Phi) is 6.13. The number of ether oxygens (including phenoxy) is 2. The molecule has 9 N–H and O–H groups in total. The molecule has 0 saturated carbocycles. The van der Waals surface area contributed by atoms with E-state index in [1.54, 1.807) is 0 Å². The van der Waals surface area contributed by atoms with E-state index in [1.807, 2.05) is 0 Å². The summed E-state index contributed by atoms with van der Waals surface area (Å²) in [5.41, 5.74) is 1.14. The number of phenols is 7. The molecular formula is C30H26O11. The minimum absolute atomic E-state index is 0.0743. The van der Waals surface area contributed by atoms with E-state index in [-0.39, 0.29) is 68.9 Å². The molecule has 0 bridgehead atoms. The van der Waals surface area contributed by atoms with Crippen molar-refractivity contribution in [1.29, 1.82) is 0 Å². The lowest BCUT2D eigenvalue weighted by Crippen LogP contribution is -2.36. The van der Waals surface area contributed by atoms with Crippen LogP contribution in [0.2, 0.25) is 0 Å². The molecular weight excluding hydrogens is 536 g/mol. The molecule has 0 fully saturated rings. The highest BCUT2D eigenvalue weighted by Gasteiger charge is 2.45. The lowest BCUT2D eigenvalue weighted by Gasteiger charge is -2.40. The van der Waals surface area contributed by atoms with Crippen molar-refractivity contribution in [2.75, 3.05) is 0 Å². The van der Waals surface area contributed by atoms with Crippen molar-refractivity contribution in [3.8, 4) is 51.7 Å². The van der Waals surface area contributed by atoms with Gasteiger partial charge in [0.1, 0.15) is 41.0 Å². The number of aromatic hydroxyl groups is 7. The van der Waals surface area contributed by atoms with Gasteiger partial charge in [-0.1, -0.05) is 18.2 Å². The molecule has 6 rings (SSSR count). The van der Waals surface area contributed by atoms with E-state index in [1.165, 1.54) is 54.6 Å². The van der Waals surface area contributed by atoms with Gasteiger partial charge in [0.05, 0.1) is 6.10 Å². The van der Waals surface area contributed by atoms with Crippen molar-refractivity contribution in [2.24, 2.45) is 0 Å². The molecule has 0 aliphatic carbocycles. The second kappa shape index (κ2) is 9.58. The number of benzene rings is 4. The third-order valence-corrected chi connectivity index (χ3v) is 7.60. The highest BCUT2D eigenvalue weighted by molar-refractivity contribution is 5.64. The Morgan fingerprint density at radius 2 is 1.20 bits per heavy atom. The Morgan fingerprint density at radius 1 is 0.585 bits per heavy atom. The average Bonchev–Trinajstić information content (AvgIpc) is 2.93. The highest BCUT2D eigenvalue weighted by atomic mass is 16.5. The molecule has 2 aliphatic heterocycles. The van der Waals surface area contributed by atoms with Crippen LogP contribution in [0.3, 0.4) is 0 Å². The minimum atomic E-state index is -1.44. The van der Waals surface area contributed by atoms with Crippen LogP contribution in [0.4, 0.5) is 0 Å². The Labute approximate surface area is 232 Å². The normalized spacial score (nSPS) is 23.1. The van der Waals surface area contributed by atoms with Crippen LogP contribution >= 0.6 is 0 Å². The van der Waals surface area contributed by atoms with Crippen molar-refractivity contribution in [1.82, 2.24) is 0 Å². The molecule has 0 amide bonds. The second-order valence-electron chi connectivity index (χ2n) is 10.2. The lowest BCUT2D eigenvalue weighted by atomic mass is 9.78. The van der Waals surface area contributed by atoms with Gasteiger partial charge >= 0.3 is 0 Å². The zero-order chi connectivity index (χ0) is 29.2. The first-order chi connectivity index (χ1) is 19.5.